The molecule has 0 aromatic carbocycles. The standard InChI is InChI=1S/C20H34N2O3/c1-16(19-6-5-17(2)24-19)8-10-22-11-12-23-15-20(14-22)9-7-18(25-20)13-21(3)4/h5-6,16,18H,7-15H2,1-4H3/t16-,18+,20-/m0/s1. The second-order valence-electron chi connectivity index (χ2n) is 8.19. The minimum atomic E-state index is -0.109. The number of aryl methyl sites for hydroxylation is 1. The Kier molecular flexibility index (Phi) is 6.21. The molecule has 5 nitrogen and oxygen atoms in total. The zero-order valence-corrected chi connectivity index (χ0v) is 16.3. The summed E-state index contributed by atoms with van der Waals surface area (Å²) in [4.78, 5) is 4.74. The van der Waals surface area contributed by atoms with E-state index in [1.54, 1.807) is 0 Å². The van der Waals surface area contributed by atoms with Crippen LogP contribution >= 0.6 is 0 Å². The summed E-state index contributed by atoms with van der Waals surface area (Å²) < 4.78 is 18.2. The van der Waals surface area contributed by atoms with E-state index in [2.05, 4.69) is 43.0 Å². The van der Waals surface area contributed by atoms with Crippen molar-refractivity contribution in [3.8, 4) is 0 Å². The summed E-state index contributed by atoms with van der Waals surface area (Å²) in [5, 5.41) is 0. The van der Waals surface area contributed by atoms with Gasteiger partial charge in [-0.2, -0.15) is 0 Å². The van der Waals surface area contributed by atoms with Crippen molar-refractivity contribution in [3.05, 3.63) is 23.7 Å². The van der Waals surface area contributed by atoms with Gasteiger partial charge in [-0.1, -0.05) is 6.92 Å². The Morgan fingerprint density at radius 2 is 2.20 bits per heavy atom. The molecule has 142 valence electrons. The predicted octanol–water partition coefficient (Wildman–Crippen LogP) is 2.89. The van der Waals surface area contributed by atoms with Gasteiger partial charge in [0, 0.05) is 25.6 Å². The van der Waals surface area contributed by atoms with Gasteiger partial charge >= 0.3 is 0 Å². The molecule has 3 heterocycles. The summed E-state index contributed by atoms with van der Waals surface area (Å²) in [6.07, 6.45) is 3.68. The summed E-state index contributed by atoms with van der Waals surface area (Å²) in [7, 11) is 4.23. The van der Waals surface area contributed by atoms with Crippen molar-refractivity contribution in [2.24, 2.45) is 0 Å². The Balaban J connectivity index is 1.53. The van der Waals surface area contributed by atoms with Crippen molar-refractivity contribution in [1.82, 2.24) is 9.80 Å². The van der Waals surface area contributed by atoms with Gasteiger partial charge in [0.2, 0.25) is 0 Å². The van der Waals surface area contributed by atoms with Gasteiger partial charge in [-0.15, -0.1) is 0 Å². The van der Waals surface area contributed by atoms with Crippen LogP contribution in [0.5, 0.6) is 0 Å². The molecule has 0 saturated carbocycles. The van der Waals surface area contributed by atoms with E-state index in [0.717, 1.165) is 70.2 Å². The SMILES string of the molecule is Cc1ccc([C@@H](C)CCN2CCOC[C@]3(CC[C@H](CN(C)C)O3)C2)o1. The van der Waals surface area contributed by atoms with E-state index < -0.39 is 0 Å². The molecule has 2 fully saturated rings. The summed E-state index contributed by atoms with van der Waals surface area (Å²) in [6, 6.07) is 4.16. The van der Waals surface area contributed by atoms with Gasteiger partial charge in [-0.3, -0.25) is 4.90 Å². The van der Waals surface area contributed by atoms with Crippen molar-refractivity contribution in [2.45, 2.75) is 50.7 Å². The molecule has 0 unspecified atom stereocenters. The molecule has 0 amide bonds. The fraction of sp³-hybridized carbons (Fsp3) is 0.800. The molecule has 1 aromatic rings. The first-order chi connectivity index (χ1) is 12.0. The van der Waals surface area contributed by atoms with Crippen LogP contribution in [0.2, 0.25) is 0 Å². The highest BCUT2D eigenvalue weighted by atomic mass is 16.6. The number of hydrogen-bond donors (Lipinski definition) is 0. The third-order valence-corrected chi connectivity index (χ3v) is 5.46. The molecule has 0 radical (unpaired) electrons. The van der Waals surface area contributed by atoms with Gasteiger partial charge in [0.15, 0.2) is 0 Å². The van der Waals surface area contributed by atoms with E-state index in [1.807, 2.05) is 6.92 Å². The zero-order valence-electron chi connectivity index (χ0n) is 16.3. The van der Waals surface area contributed by atoms with E-state index in [1.165, 1.54) is 0 Å². The van der Waals surface area contributed by atoms with E-state index in [0.29, 0.717) is 12.0 Å². The van der Waals surface area contributed by atoms with Crippen molar-refractivity contribution >= 4 is 0 Å². The monoisotopic (exact) mass is 350 g/mol. The Hall–Kier alpha value is -0.880. The second kappa shape index (κ2) is 8.21. The maximum atomic E-state index is 6.48. The van der Waals surface area contributed by atoms with Crippen LogP contribution in [-0.2, 0) is 9.47 Å². The quantitative estimate of drug-likeness (QED) is 0.789. The lowest BCUT2D eigenvalue weighted by molar-refractivity contribution is -0.0898. The molecule has 2 aliphatic rings. The summed E-state index contributed by atoms with van der Waals surface area (Å²) in [5.74, 6) is 2.54. The highest BCUT2D eigenvalue weighted by Crippen LogP contribution is 2.33. The maximum absolute atomic E-state index is 6.48. The Labute approximate surface area is 152 Å². The molecular weight excluding hydrogens is 316 g/mol. The van der Waals surface area contributed by atoms with E-state index in [9.17, 15) is 0 Å². The lowest BCUT2D eigenvalue weighted by Gasteiger charge is -2.32. The number of furan rings is 1. The van der Waals surface area contributed by atoms with Crippen molar-refractivity contribution < 1.29 is 13.9 Å². The Bertz CT molecular complexity index is 545. The van der Waals surface area contributed by atoms with Crippen LogP contribution in [0.25, 0.3) is 0 Å². The summed E-state index contributed by atoms with van der Waals surface area (Å²) in [6.45, 7) is 9.84. The Morgan fingerprint density at radius 1 is 1.36 bits per heavy atom. The molecule has 1 spiro atoms. The lowest BCUT2D eigenvalue weighted by Crippen LogP contribution is -2.45. The summed E-state index contributed by atoms with van der Waals surface area (Å²) >= 11 is 0. The number of hydrogen-bond acceptors (Lipinski definition) is 5. The first-order valence-electron chi connectivity index (χ1n) is 9.65. The molecule has 0 bridgehead atoms. The Morgan fingerprint density at radius 3 is 2.92 bits per heavy atom. The van der Waals surface area contributed by atoms with E-state index >= 15 is 0 Å². The topological polar surface area (TPSA) is 38.1 Å². The molecule has 2 saturated heterocycles. The first kappa shape index (κ1) is 18.9. The van der Waals surface area contributed by atoms with E-state index in [4.69, 9.17) is 13.9 Å². The van der Waals surface area contributed by atoms with Crippen LogP contribution in [0.3, 0.4) is 0 Å². The minimum Gasteiger partial charge on any atom is -0.466 e. The number of nitrogens with zero attached hydrogens (tertiary/aromatic N) is 2. The molecule has 3 rings (SSSR count). The molecule has 0 N–H and O–H groups in total. The number of rotatable bonds is 6. The van der Waals surface area contributed by atoms with Crippen molar-refractivity contribution in [1.29, 1.82) is 0 Å². The molecule has 0 aliphatic carbocycles. The average molecular weight is 351 g/mol. The highest BCUT2D eigenvalue weighted by Gasteiger charge is 2.43. The van der Waals surface area contributed by atoms with Crippen LogP contribution < -0.4 is 0 Å². The van der Waals surface area contributed by atoms with Crippen LogP contribution in [0, 0.1) is 6.92 Å². The van der Waals surface area contributed by atoms with E-state index in [-0.39, 0.29) is 5.60 Å². The molecular formula is C20H34N2O3. The van der Waals surface area contributed by atoms with Gasteiger partial charge in [0.1, 0.15) is 17.1 Å². The largest absolute Gasteiger partial charge is 0.466 e. The van der Waals surface area contributed by atoms with Crippen molar-refractivity contribution in [2.75, 3.05) is 53.5 Å². The zero-order chi connectivity index (χ0) is 17.9. The van der Waals surface area contributed by atoms with Crippen LogP contribution in [0.4, 0.5) is 0 Å². The molecule has 2 aliphatic heterocycles. The summed E-state index contributed by atoms with van der Waals surface area (Å²) in [5.41, 5.74) is -0.109. The maximum Gasteiger partial charge on any atom is 0.107 e. The highest BCUT2D eigenvalue weighted by molar-refractivity contribution is 5.09. The smallest absolute Gasteiger partial charge is 0.107 e. The fourth-order valence-corrected chi connectivity index (χ4v) is 4.07. The van der Waals surface area contributed by atoms with Crippen LogP contribution in [0.1, 0.15) is 43.6 Å². The lowest BCUT2D eigenvalue weighted by atomic mass is 9.99. The number of likely N-dealkylation sites (N-methyl/N-ethyl adjacent to an activating group) is 1. The van der Waals surface area contributed by atoms with Crippen LogP contribution in [0.15, 0.2) is 16.5 Å². The van der Waals surface area contributed by atoms with Crippen LogP contribution in [-0.4, -0.2) is 75.0 Å². The van der Waals surface area contributed by atoms with Gasteiger partial charge < -0.3 is 18.8 Å². The first-order valence-corrected chi connectivity index (χ1v) is 9.65. The molecule has 25 heavy (non-hydrogen) atoms. The fourth-order valence-electron chi connectivity index (χ4n) is 4.07. The second-order valence-corrected chi connectivity index (χ2v) is 8.19. The number of ether oxygens (including phenoxy) is 2. The third-order valence-electron chi connectivity index (χ3n) is 5.46. The molecule has 3 atom stereocenters. The van der Waals surface area contributed by atoms with Gasteiger partial charge in [0.25, 0.3) is 0 Å². The third kappa shape index (κ3) is 5.07. The minimum absolute atomic E-state index is 0.109. The van der Waals surface area contributed by atoms with Gasteiger partial charge in [-0.05, 0) is 59.0 Å². The average Bonchev–Trinajstić information content (AvgIpc) is 3.09. The molecule has 5 heteroatoms. The van der Waals surface area contributed by atoms with Gasteiger partial charge in [-0.25, -0.2) is 0 Å². The predicted molar refractivity (Wildman–Crippen MR) is 99.1 cm³/mol. The normalized spacial score (nSPS) is 29.4. The molecule has 1 aromatic heterocycles. The van der Waals surface area contributed by atoms with Crippen molar-refractivity contribution in [3.63, 3.8) is 0 Å². The van der Waals surface area contributed by atoms with Gasteiger partial charge in [0.05, 0.1) is 19.3 Å².